The van der Waals surface area contributed by atoms with Crippen LogP contribution >= 0.6 is 0 Å². The van der Waals surface area contributed by atoms with E-state index in [1.54, 1.807) is 24.4 Å². The highest BCUT2D eigenvalue weighted by Crippen LogP contribution is 2.37. The van der Waals surface area contributed by atoms with Gasteiger partial charge in [-0.3, -0.25) is 19.2 Å². The van der Waals surface area contributed by atoms with Gasteiger partial charge in [0.15, 0.2) is 25.2 Å². The Morgan fingerprint density at radius 3 is 1.36 bits per heavy atom. The number of para-hydroxylation sites is 1. The van der Waals surface area contributed by atoms with Crippen LogP contribution in [0.15, 0.2) is 79.0 Å². The third-order valence-corrected chi connectivity index (χ3v) is 17.1. The van der Waals surface area contributed by atoms with E-state index in [1.807, 2.05) is 18.2 Å². The van der Waals surface area contributed by atoms with E-state index in [-0.39, 0.29) is 42.9 Å². The predicted molar refractivity (Wildman–Crippen MR) is 316 cm³/mol. The second-order valence-electron chi connectivity index (χ2n) is 23.6. The second-order valence-corrected chi connectivity index (χ2v) is 23.6. The van der Waals surface area contributed by atoms with Crippen LogP contribution in [0.25, 0.3) is 10.9 Å². The lowest BCUT2D eigenvalue weighted by Crippen LogP contribution is -2.68. The molecule has 0 saturated carbocycles. The molecule has 9 rings (SSSR count). The van der Waals surface area contributed by atoms with Crippen LogP contribution < -0.4 is 26.4 Å². The summed E-state index contributed by atoms with van der Waals surface area (Å²) in [5.74, 6) is -2.87. The molecule has 0 bridgehead atoms. The number of aliphatic hydroxyl groups excluding tert-OH is 16. The number of aromatic amines is 1. The van der Waals surface area contributed by atoms with E-state index in [1.165, 1.54) is 36.4 Å². The van der Waals surface area contributed by atoms with Crippen LogP contribution in [0.1, 0.15) is 24.0 Å². The van der Waals surface area contributed by atoms with Gasteiger partial charge < -0.3 is 161 Å². The average molecular weight is 1370 g/mol. The molecule has 5 aliphatic rings. The lowest BCUT2D eigenvalue weighted by Gasteiger charge is -2.49. The molecule has 36 heteroatoms. The minimum atomic E-state index is -2.18. The predicted octanol–water partition coefficient (Wildman–Crippen LogP) is -8.99. The maximum Gasteiger partial charge on any atom is 0.243 e. The van der Waals surface area contributed by atoms with Crippen LogP contribution in [0.3, 0.4) is 0 Å². The molecule has 0 spiro atoms. The smallest absolute Gasteiger partial charge is 0.243 e. The SMILES string of the molecule is NC(=O)[C@H](Cc1ccc(O)cc1)NC(=O)[C@H](Cc1c[nH]c2ccccc12)NC(=O)CCC(=O)Nc1ccc(O[C@H]2O[C@H](CO)[C@@H](O[C@H]3O[C@H](CO)[C@@H](O[C@H]4O[C@H](CO)[C@@H](O[C@H]5O[C@H](CO)[C@@H](O[C@H]6O[C@H](CO)[C@@H](O)[C@H](O)[C@H]6O)[C@H](O)[C@H]5O)[C@H](O)[C@H]4O)[C@H](O)[C@H]3O)[C@H](O)[C@H]2O)cc1. The first kappa shape index (κ1) is 73.9. The minimum Gasteiger partial charge on any atom is -0.508 e. The minimum absolute atomic E-state index is 0.00622. The van der Waals surface area contributed by atoms with Gasteiger partial charge in [0, 0.05) is 48.5 Å². The van der Waals surface area contributed by atoms with E-state index in [0.29, 0.717) is 11.1 Å². The third kappa shape index (κ3) is 17.0. The van der Waals surface area contributed by atoms with E-state index in [4.69, 9.17) is 53.1 Å². The fourth-order valence-corrected chi connectivity index (χ4v) is 11.7. The number of amides is 4. The number of hydrogen-bond donors (Lipinski definition) is 22. The summed E-state index contributed by atoms with van der Waals surface area (Å²) in [7, 11) is 0. The molecule has 5 fully saturated rings. The summed E-state index contributed by atoms with van der Waals surface area (Å²) >= 11 is 0. The number of carbonyl (C=O) groups is 4. The van der Waals surface area contributed by atoms with Crippen LogP contribution in [0.2, 0.25) is 0 Å². The van der Waals surface area contributed by atoms with E-state index >= 15 is 0 Å². The lowest BCUT2D eigenvalue weighted by molar-refractivity contribution is -0.392. The summed E-state index contributed by atoms with van der Waals surface area (Å²) in [5, 5.41) is 190. The molecule has 0 aliphatic carbocycles. The third-order valence-electron chi connectivity index (χ3n) is 17.1. The normalized spacial score (nSPS) is 36.3. The van der Waals surface area contributed by atoms with Crippen molar-refractivity contribution in [3.05, 3.63) is 90.1 Å². The molecule has 27 atom stereocenters. The highest BCUT2D eigenvalue weighted by atomic mass is 16.8. The number of aromatic hydroxyl groups is 1. The Bertz CT molecular complexity index is 3170. The largest absolute Gasteiger partial charge is 0.508 e. The Morgan fingerprint density at radius 1 is 0.469 bits per heavy atom. The van der Waals surface area contributed by atoms with Gasteiger partial charge in [0.25, 0.3) is 0 Å². The first-order valence-electron chi connectivity index (χ1n) is 30.6. The quantitative estimate of drug-likeness (QED) is 0.0264. The van der Waals surface area contributed by atoms with Crippen molar-refractivity contribution in [2.75, 3.05) is 38.4 Å². The molecule has 5 aliphatic heterocycles. The fraction of sp³-hybridized carbons (Fsp3) is 0.600. The van der Waals surface area contributed by atoms with Crippen molar-refractivity contribution in [3.63, 3.8) is 0 Å². The number of hydrogen-bond acceptors (Lipinski definition) is 31. The molecule has 6 heterocycles. The molecular weight excluding hydrogens is 1290 g/mol. The summed E-state index contributed by atoms with van der Waals surface area (Å²) in [4.78, 5) is 56.0. The van der Waals surface area contributed by atoms with E-state index in [9.17, 15) is 106 Å². The topological polar surface area (TPSA) is 582 Å². The zero-order valence-corrected chi connectivity index (χ0v) is 50.9. The molecule has 5 saturated heterocycles. The number of anilines is 1. The Balaban J connectivity index is 0.748. The van der Waals surface area contributed by atoms with Crippen LogP contribution in [0, 0.1) is 0 Å². The number of aliphatic hydroxyl groups is 16. The van der Waals surface area contributed by atoms with Crippen molar-refractivity contribution in [1.82, 2.24) is 15.6 Å². The number of primary amides is 1. The van der Waals surface area contributed by atoms with Crippen molar-refractivity contribution >= 4 is 40.2 Å². The molecule has 4 amide bonds. The van der Waals surface area contributed by atoms with E-state index in [2.05, 4.69) is 20.9 Å². The van der Waals surface area contributed by atoms with Crippen molar-refractivity contribution in [1.29, 1.82) is 0 Å². The van der Waals surface area contributed by atoms with Gasteiger partial charge in [-0.2, -0.15) is 0 Å². The van der Waals surface area contributed by atoms with Crippen LogP contribution in [0.5, 0.6) is 11.5 Å². The maximum absolute atomic E-state index is 13.8. The molecular formula is C60H81N5O31. The summed E-state index contributed by atoms with van der Waals surface area (Å²) in [6, 6.07) is 16.3. The standard InChI is InChI=1S/C60H81N5O31/c61-54(85)30(15-23-5-9-26(71)10-6-23)65-55(86)31(16-24-17-62-29-4-2-1-3-28(24)29)64-38(73)14-13-37(72)63-25-7-11-27(12-8-25)87-56-46(81)41(76)50(33(19-67)89-56)94-58-48(83)43(78)52(35(21-69)91-58)96-60-49(84)44(79)53(36(22-70)92-60)95-59-47(82)42(77)51(34(20-68)90-59)93-57-45(80)40(75)39(74)32(18-66)88-57/h1-12,17,30-36,39-53,56-60,62,66-71,74-84H,13-16,18-22H2,(H2,61,85)(H,63,72)(H,64,73)(H,65,86)/t30-,31-,32+,33+,34+,35+,36+,39+,40-,41+,42+,43+,44+,45+,46+,47+,48+,49+,50+,51+,52+,53+,56-,57+,58+,59+,60+/m0/s1. The van der Waals surface area contributed by atoms with Gasteiger partial charge in [-0.25, -0.2) is 0 Å². The maximum atomic E-state index is 13.8. The van der Waals surface area contributed by atoms with Crippen molar-refractivity contribution in [3.8, 4) is 11.5 Å². The Kier molecular flexibility index (Phi) is 25.4. The summed E-state index contributed by atoms with van der Waals surface area (Å²) in [6.45, 7) is -4.77. The number of carbonyl (C=O) groups excluding carboxylic acids is 4. The number of phenolic OH excluding ortho intramolecular Hbond substituents is 1. The van der Waals surface area contributed by atoms with Crippen molar-refractivity contribution < 1.29 is 153 Å². The Hall–Kier alpha value is -6.32. The number of aromatic nitrogens is 1. The summed E-state index contributed by atoms with van der Waals surface area (Å²) in [6.07, 6.45) is -46.3. The number of ether oxygens (including phenoxy) is 10. The van der Waals surface area contributed by atoms with Crippen LogP contribution in [-0.4, -0.2) is 314 Å². The highest BCUT2D eigenvalue weighted by molar-refractivity contribution is 5.95. The van der Waals surface area contributed by atoms with Gasteiger partial charge in [-0.05, 0) is 53.6 Å². The number of benzene rings is 3. The molecule has 0 radical (unpaired) electrons. The van der Waals surface area contributed by atoms with Gasteiger partial charge in [0.1, 0.15) is 146 Å². The first-order chi connectivity index (χ1) is 45.9. The first-order valence-corrected chi connectivity index (χ1v) is 30.6. The number of rotatable bonds is 27. The van der Waals surface area contributed by atoms with Gasteiger partial charge in [0.2, 0.25) is 29.9 Å². The monoisotopic (exact) mass is 1370 g/mol. The number of phenols is 1. The molecule has 4 aromatic rings. The van der Waals surface area contributed by atoms with Gasteiger partial charge >= 0.3 is 0 Å². The van der Waals surface area contributed by atoms with E-state index < -0.39 is 222 Å². The van der Waals surface area contributed by atoms with Crippen LogP contribution in [0.4, 0.5) is 5.69 Å². The molecule has 23 N–H and O–H groups in total. The lowest BCUT2D eigenvalue weighted by atomic mass is 9.95. The zero-order valence-electron chi connectivity index (χ0n) is 50.9. The molecule has 1 aromatic heterocycles. The van der Waals surface area contributed by atoms with E-state index in [0.717, 1.165) is 10.9 Å². The highest BCUT2D eigenvalue weighted by Gasteiger charge is 2.57. The average Bonchev–Trinajstić information content (AvgIpc) is 1.47. The summed E-state index contributed by atoms with van der Waals surface area (Å²) in [5.41, 5.74) is 7.90. The Labute approximate surface area is 544 Å². The van der Waals surface area contributed by atoms with Gasteiger partial charge in [0.05, 0.1) is 33.0 Å². The molecule has 3 aromatic carbocycles. The molecule has 532 valence electrons. The molecule has 0 unspecified atom stereocenters. The van der Waals surface area contributed by atoms with Crippen molar-refractivity contribution in [2.24, 2.45) is 5.73 Å². The second kappa shape index (κ2) is 33.0. The molecule has 96 heavy (non-hydrogen) atoms. The number of nitrogens with two attached hydrogens (primary N) is 1. The fourth-order valence-electron chi connectivity index (χ4n) is 11.7. The van der Waals surface area contributed by atoms with Crippen LogP contribution in [-0.2, 0) is 74.7 Å². The zero-order chi connectivity index (χ0) is 69.4. The number of nitrogens with one attached hydrogen (secondary N) is 4. The molecule has 36 nitrogen and oxygen atoms in total. The Morgan fingerprint density at radius 2 is 0.896 bits per heavy atom. The number of fused-ring (bicyclic) bond motifs is 1. The number of H-pyrrole nitrogens is 1. The van der Waals surface area contributed by atoms with Gasteiger partial charge in [-0.1, -0.05) is 30.3 Å². The summed E-state index contributed by atoms with van der Waals surface area (Å²) < 4.78 is 56.6. The van der Waals surface area contributed by atoms with Crippen molar-refractivity contribution in [2.45, 2.75) is 191 Å². The van der Waals surface area contributed by atoms with Gasteiger partial charge in [-0.15, -0.1) is 0 Å².